The minimum Gasteiger partial charge on any atom is -0.427 e. The van der Waals surface area contributed by atoms with Gasteiger partial charge in [-0.3, -0.25) is 4.79 Å². The van der Waals surface area contributed by atoms with Crippen LogP contribution in [-0.4, -0.2) is 32.4 Å². The van der Waals surface area contributed by atoms with Gasteiger partial charge in [-0.1, -0.05) is 36.1 Å². The zero-order valence-corrected chi connectivity index (χ0v) is 14.6. The molecule has 0 saturated carbocycles. The molecule has 0 radical (unpaired) electrons. The molecule has 0 aliphatic carbocycles. The Kier molecular flexibility index (Phi) is 7.71. The van der Waals surface area contributed by atoms with Gasteiger partial charge in [-0.05, 0) is 42.3 Å². The fourth-order valence-corrected chi connectivity index (χ4v) is 2.15. The van der Waals surface area contributed by atoms with Gasteiger partial charge in [0, 0.05) is 19.1 Å². The third-order valence-electron chi connectivity index (χ3n) is 3.32. The first-order valence-corrected chi connectivity index (χ1v) is 8.22. The summed E-state index contributed by atoms with van der Waals surface area (Å²) in [4.78, 5) is 10.9. The van der Waals surface area contributed by atoms with Crippen LogP contribution in [0.1, 0.15) is 19.4 Å². The third kappa shape index (κ3) is 6.80. The molecule has 0 aliphatic rings. The number of hydrogen-bond acceptors (Lipinski definition) is 4. The van der Waals surface area contributed by atoms with Gasteiger partial charge in [0.05, 0.1) is 13.2 Å². The summed E-state index contributed by atoms with van der Waals surface area (Å²) in [5, 5.41) is 0. The van der Waals surface area contributed by atoms with Gasteiger partial charge >= 0.3 is 5.97 Å². The van der Waals surface area contributed by atoms with Crippen molar-refractivity contribution in [3.63, 3.8) is 0 Å². The number of hydrogen-bond donors (Lipinski definition) is 0. The topological polar surface area (TPSA) is 44.8 Å². The number of ether oxygens (including phenoxy) is 3. The Morgan fingerprint density at radius 2 is 1.52 bits per heavy atom. The van der Waals surface area contributed by atoms with Crippen LogP contribution >= 0.6 is 0 Å². The molecule has 0 saturated heterocycles. The van der Waals surface area contributed by atoms with E-state index in [-0.39, 0.29) is 5.97 Å². The predicted octanol–water partition coefficient (Wildman–Crippen LogP) is 3.68. The Morgan fingerprint density at radius 1 is 0.920 bits per heavy atom. The summed E-state index contributed by atoms with van der Waals surface area (Å²) in [6.45, 7) is 5.60. The van der Waals surface area contributed by atoms with Gasteiger partial charge in [0.25, 0.3) is 0 Å². The summed E-state index contributed by atoms with van der Waals surface area (Å²) in [6, 6.07) is 15.4. The first kappa shape index (κ1) is 18.7. The van der Waals surface area contributed by atoms with Crippen LogP contribution in [0.4, 0.5) is 0 Å². The van der Waals surface area contributed by atoms with Crippen LogP contribution < -0.4 is 4.74 Å². The van der Waals surface area contributed by atoms with E-state index >= 15 is 0 Å². The lowest BCUT2D eigenvalue weighted by Crippen LogP contribution is -2.03. The zero-order chi connectivity index (χ0) is 17.9. The van der Waals surface area contributed by atoms with E-state index in [1.807, 2.05) is 43.3 Å². The summed E-state index contributed by atoms with van der Waals surface area (Å²) >= 11 is 0. The molecule has 0 amide bonds. The van der Waals surface area contributed by atoms with Gasteiger partial charge in [0.15, 0.2) is 0 Å². The van der Waals surface area contributed by atoms with Gasteiger partial charge in [0.1, 0.15) is 12.4 Å². The summed E-state index contributed by atoms with van der Waals surface area (Å²) < 4.78 is 15.6. The second-order valence-electron chi connectivity index (χ2n) is 5.25. The Morgan fingerprint density at radius 3 is 2.12 bits per heavy atom. The smallest absolute Gasteiger partial charge is 0.308 e. The van der Waals surface area contributed by atoms with E-state index in [0.29, 0.717) is 32.2 Å². The number of rotatable bonds is 7. The molecule has 0 N–H and O–H groups in total. The van der Waals surface area contributed by atoms with E-state index in [1.165, 1.54) is 6.92 Å². The highest BCUT2D eigenvalue weighted by Gasteiger charge is 2.00. The van der Waals surface area contributed by atoms with E-state index in [0.717, 1.165) is 16.7 Å². The Labute approximate surface area is 148 Å². The third-order valence-corrected chi connectivity index (χ3v) is 3.32. The molecule has 0 fully saturated rings. The summed E-state index contributed by atoms with van der Waals surface area (Å²) in [7, 11) is 0. The highest BCUT2D eigenvalue weighted by Crippen LogP contribution is 2.22. The van der Waals surface area contributed by atoms with Gasteiger partial charge < -0.3 is 14.2 Å². The zero-order valence-electron chi connectivity index (χ0n) is 14.6. The van der Waals surface area contributed by atoms with Crippen molar-refractivity contribution in [2.45, 2.75) is 13.8 Å². The summed E-state index contributed by atoms with van der Waals surface area (Å²) in [5.74, 6) is 6.28. The molecule has 0 atom stereocenters. The molecule has 0 spiro atoms. The second kappa shape index (κ2) is 10.3. The largest absolute Gasteiger partial charge is 0.427 e. The number of esters is 1. The molecule has 2 rings (SSSR count). The lowest BCUT2D eigenvalue weighted by Gasteiger charge is -2.04. The molecular weight excluding hydrogens is 316 g/mol. The van der Waals surface area contributed by atoms with Gasteiger partial charge in [-0.2, -0.15) is 0 Å². The lowest BCUT2D eigenvalue weighted by atomic mass is 10.0. The van der Waals surface area contributed by atoms with Crippen LogP contribution in [0, 0.1) is 11.8 Å². The van der Waals surface area contributed by atoms with E-state index in [4.69, 9.17) is 14.2 Å². The minimum absolute atomic E-state index is 0.322. The summed E-state index contributed by atoms with van der Waals surface area (Å²) in [6.07, 6.45) is 0. The van der Waals surface area contributed by atoms with Crippen LogP contribution in [0.25, 0.3) is 11.1 Å². The molecular formula is C21H22O4. The van der Waals surface area contributed by atoms with Gasteiger partial charge in [-0.15, -0.1) is 0 Å². The molecule has 0 unspecified atom stereocenters. The quantitative estimate of drug-likeness (QED) is 0.334. The molecule has 4 heteroatoms. The molecule has 0 aliphatic heterocycles. The molecule has 2 aromatic carbocycles. The van der Waals surface area contributed by atoms with E-state index in [2.05, 4.69) is 11.8 Å². The monoisotopic (exact) mass is 338 g/mol. The van der Waals surface area contributed by atoms with Crippen LogP contribution in [0.5, 0.6) is 5.75 Å². The fraction of sp³-hybridized carbons (Fsp3) is 0.286. The van der Waals surface area contributed by atoms with Gasteiger partial charge in [0.2, 0.25) is 0 Å². The van der Waals surface area contributed by atoms with Crippen LogP contribution in [0.15, 0.2) is 48.5 Å². The average molecular weight is 338 g/mol. The van der Waals surface area contributed by atoms with Crippen molar-refractivity contribution in [1.82, 2.24) is 0 Å². The predicted molar refractivity (Wildman–Crippen MR) is 97.4 cm³/mol. The minimum atomic E-state index is -0.322. The Balaban J connectivity index is 1.88. The van der Waals surface area contributed by atoms with Crippen LogP contribution in [-0.2, 0) is 14.3 Å². The maximum Gasteiger partial charge on any atom is 0.308 e. The number of carbonyl (C=O) groups is 1. The van der Waals surface area contributed by atoms with Crippen LogP contribution in [0.2, 0.25) is 0 Å². The SMILES string of the molecule is CCOCCOCC#Cc1ccc(-c2ccc(OC(C)=O)cc2)cc1. The lowest BCUT2D eigenvalue weighted by molar-refractivity contribution is -0.131. The molecule has 25 heavy (non-hydrogen) atoms. The average Bonchev–Trinajstić information content (AvgIpc) is 2.62. The summed E-state index contributed by atoms with van der Waals surface area (Å²) in [5.41, 5.74) is 3.07. The maximum atomic E-state index is 10.9. The molecule has 0 heterocycles. The highest BCUT2D eigenvalue weighted by atomic mass is 16.5. The van der Waals surface area contributed by atoms with Gasteiger partial charge in [-0.25, -0.2) is 0 Å². The van der Waals surface area contributed by atoms with Crippen molar-refractivity contribution >= 4 is 5.97 Å². The van der Waals surface area contributed by atoms with Crippen molar-refractivity contribution in [2.24, 2.45) is 0 Å². The van der Waals surface area contributed by atoms with Crippen molar-refractivity contribution in [2.75, 3.05) is 26.4 Å². The van der Waals surface area contributed by atoms with Crippen molar-refractivity contribution in [1.29, 1.82) is 0 Å². The Hall–Kier alpha value is -2.61. The molecule has 130 valence electrons. The number of carbonyl (C=O) groups excluding carboxylic acids is 1. The maximum absolute atomic E-state index is 10.9. The standard InChI is InChI=1S/C21H22O4/c1-3-23-15-16-24-14-4-5-18-6-8-19(9-7-18)20-10-12-21(13-11-20)25-17(2)22/h6-13H,3,14-16H2,1-2H3. The second-order valence-corrected chi connectivity index (χ2v) is 5.25. The molecule has 0 aromatic heterocycles. The van der Waals surface area contributed by atoms with Crippen molar-refractivity contribution in [3.8, 4) is 28.7 Å². The number of benzene rings is 2. The van der Waals surface area contributed by atoms with E-state index in [9.17, 15) is 4.79 Å². The Bertz CT molecular complexity index is 721. The fourth-order valence-electron chi connectivity index (χ4n) is 2.15. The normalized spacial score (nSPS) is 10.0. The van der Waals surface area contributed by atoms with Crippen LogP contribution in [0.3, 0.4) is 0 Å². The van der Waals surface area contributed by atoms with Crippen molar-refractivity contribution in [3.05, 3.63) is 54.1 Å². The molecule has 2 aromatic rings. The van der Waals surface area contributed by atoms with E-state index < -0.39 is 0 Å². The first-order chi connectivity index (χ1) is 12.2. The van der Waals surface area contributed by atoms with E-state index in [1.54, 1.807) is 12.1 Å². The molecule has 0 bridgehead atoms. The highest BCUT2D eigenvalue weighted by molar-refractivity contribution is 5.70. The first-order valence-electron chi connectivity index (χ1n) is 8.22. The molecule has 4 nitrogen and oxygen atoms in total. The van der Waals surface area contributed by atoms with Crippen molar-refractivity contribution < 1.29 is 19.0 Å².